The molecule has 0 aliphatic heterocycles. The van der Waals surface area contributed by atoms with Gasteiger partial charge in [0.15, 0.2) is 6.10 Å². The van der Waals surface area contributed by atoms with E-state index in [1.54, 1.807) is 0 Å². The summed E-state index contributed by atoms with van der Waals surface area (Å²) in [6.45, 7) is 4.53. The molecule has 9 nitrogen and oxygen atoms in total. The highest BCUT2D eigenvalue weighted by Gasteiger charge is 2.25. The van der Waals surface area contributed by atoms with Gasteiger partial charge >= 0.3 is 17.9 Å². The van der Waals surface area contributed by atoms with Crippen molar-refractivity contribution >= 4 is 17.9 Å². The topological polar surface area (TPSA) is 108 Å². The molecule has 0 saturated carbocycles. The van der Waals surface area contributed by atoms with Crippen molar-refractivity contribution in [2.75, 3.05) is 47.5 Å². The molecule has 0 radical (unpaired) electrons. The predicted octanol–water partition coefficient (Wildman–Crippen LogP) is 16.2. The van der Waals surface area contributed by atoms with Crippen LogP contribution < -0.4 is 0 Å². The van der Waals surface area contributed by atoms with Gasteiger partial charge in [-0.2, -0.15) is 0 Å². The molecular weight excluding hydrogens is 911 g/mol. The van der Waals surface area contributed by atoms with Gasteiger partial charge in [0, 0.05) is 12.8 Å². The van der Waals surface area contributed by atoms with E-state index >= 15 is 0 Å². The summed E-state index contributed by atoms with van der Waals surface area (Å²) in [5.41, 5.74) is 0. The van der Waals surface area contributed by atoms with E-state index in [1.807, 2.05) is 21.1 Å². The van der Waals surface area contributed by atoms with Gasteiger partial charge in [-0.3, -0.25) is 9.59 Å². The zero-order valence-electron chi connectivity index (χ0n) is 46.2. The fourth-order valence-corrected chi connectivity index (χ4v) is 6.58. The smallest absolute Gasteiger partial charge is 0.361 e. The maximum atomic E-state index is 12.8. The number of hydrogen-bond acceptors (Lipinski definition) is 7. The Morgan fingerprint density at radius 1 is 0.411 bits per heavy atom. The molecule has 0 saturated heterocycles. The Morgan fingerprint density at radius 3 is 1.10 bits per heavy atom. The van der Waals surface area contributed by atoms with Crippen molar-refractivity contribution < 1.29 is 42.9 Å². The molecule has 0 aliphatic carbocycles. The Balaban J connectivity index is 4.34. The van der Waals surface area contributed by atoms with Gasteiger partial charge < -0.3 is 28.5 Å². The van der Waals surface area contributed by atoms with Crippen molar-refractivity contribution in [1.29, 1.82) is 0 Å². The third-order valence-electron chi connectivity index (χ3n) is 10.8. The molecule has 0 aliphatic rings. The average molecular weight is 1010 g/mol. The largest absolute Gasteiger partial charge is 0.477 e. The van der Waals surface area contributed by atoms with Crippen LogP contribution in [0.25, 0.3) is 0 Å². The summed E-state index contributed by atoms with van der Waals surface area (Å²) in [5.74, 6) is -2.11. The molecule has 2 unspecified atom stereocenters. The highest BCUT2D eigenvalue weighted by molar-refractivity contribution is 5.71. The van der Waals surface area contributed by atoms with E-state index in [0.717, 1.165) is 128 Å². The number of aliphatic carboxylic acids is 1. The highest BCUT2D eigenvalue weighted by Crippen LogP contribution is 2.11. The highest BCUT2D eigenvalue weighted by atomic mass is 16.7. The number of nitrogens with zero attached hydrogens (tertiary/aromatic N) is 1. The number of carbonyl (C=O) groups excluding carboxylic acids is 2. The van der Waals surface area contributed by atoms with Crippen LogP contribution >= 0.6 is 0 Å². The lowest BCUT2D eigenvalue weighted by Crippen LogP contribution is -2.40. The number of likely N-dealkylation sites (N-methyl/N-ethyl adjacent to an activating group) is 1. The molecule has 9 heteroatoms. The molecule has 2 atom stereocenters. The molecule has 1 N–H and O–H groups in total. The molecule has 73 heavy (non-hydrogen) atoms. The van der Waals surface area contributed by atoms with Crippen molar-refractivity contribution in [3.8, 4) is 0 Å². The Kier molecular flexibility index (Phi) is 49.5. The minimum Gasteiger partial charge on any atom is -0.477 e. The van der Waals surface area contributed by atoms with Gasteiger partial charge in [0.2, 0.25) is 0 Å². The Hall–Kier alpha value is -5.09. The number of carboxylic acids is 1. The van der Waals surface area contributed by atoms with Crippen molar-refractivity contribution in [3.05, 3.63) is 158 Å². The molecule has 0 rings (SSSR count). The fraction of sp³-hybridized carbons (Fsp3) is 0.547. The lowest BCUT2D eigenvalue weighted by Gasteiger charge is -2.25. The van der Waals surface area contributed by atoms with Gasteiger partial charge in [0.25, 0.3) is 6.29 Å². The van der Waals surface area contributed by atoms with Gasteiger partial charge in [-0.25, -0.2) is 4.79 Å². The molecule has 0 aromatic heterocycles. The van der Waals surface area contributed by atoms with E-state index in [1.165, 1.54) is 0 Å². The first-order chi connectivity index (χ1) is 35.6. The number of carboxylic acid groups (broad SMARTS) is 1. The predicted molar refractivity (Wildman–Crippen MR) is 308 cm³/mol. The van der Waals surface area contributed by atoms with Crippen LogP contribution in [0.1, 0.15) is 168 Å². The quantitative estimate of drug-likeness (QED) is 0.0211. The standard InChI is InChI=1S/C64H99NO8/c1-6-8-10-12-14-16-18-20-21-22-23-24-25-26-27-28-29-30-31-32-33-34-35-36-37-38-39-40-41-43-45-47-49-51-53-55-62(67)73-60(59-72-64(63(68)69)70-57-56-65(3,4)5)58-71-61(66)54-52-50-48-46-44-42-19-17-15-13-11-9-7-2/h8-11,14-17,20-21,23-24,26-27,29-30,32-33,35-36,38-39,41-44,60,64H,6-7,12-13,18-19,22,25,28,31,34,37,40,45-59H2,1-5H3/p+1/b10-8-,11-9-,16-14-,17-15-,21-20-,24-23-,27-26-,30-29-,33-32-,36-35-,39-38-,43-41-,44-42-. The SMILES string of the molecule is CC/C=C\C/C=C\C/C=C\C/C=C\C/C=C\C/C=C\C/C=C\C/C=C\C/C=C\C/C=C\CCCCCCC(=O)OC(COC(=O)CCCCC/C=C\C/C=C\C/C=C\CC)COC(OCC[N+](C)(C)C)C(=O)O. The zero-order valence-corrected chi connectivity index (χ0v) is 46.2. The number of carbonyl (C=O) groups is 3. The minimum absolute atomic E-state index is 0.168. The molecular formula is C64H100NO8+. The second-order valence-corrected chi connectivity index (χ2v) is 18.8. The normalized spacial score (nSPS) is 14.0. The van der Waals surface area contributed by atoms with Gasteiger partial charge in [-0.1, -0.05) is 191 Å². The van der Waals surface area contributed by atoms with Crippen LogP contribution in [0.15, 0.2) is 158 Å². The first-order valence-corrected chi connectivity index (χ1v) is 27.6. The number of ether oxygens (including phenoxy) is 4. The first-order valence-electron chi connectivity index (χ1n) is 27.6. The van der Waals surface area contributed by atoms with Crippen LogP contribution in [0.5, 0.6) is 0 Å². The van der Waals surface area contributed by atoms with Crippen LogP contribution in [0.2, 0.25) is 0 Å². The zero-order chi connectivity index (χ0) is 53.4. The summed E-state index contributed by atoms with van der Waals surface area (Å²) >= 11 is 0. The summed E-state index contributed by atoms with van der Waals surface area (Å²) in [4.78, 5) is 37.3. The average Bonchev–Trinajstić information content (AvgIpc) is 3.36. The van der Waals surface area contributed by atoms with Crippen LogP contribution in [0.3, 0.4) is 0 Å². The Labute approximate surface area is 444 Å². The van der Waals surface area contributed by atoms with E-state index in [0.29, 0.717) is 23.9 Å². The van der Waals surface area contributed by atoms with E-state index in [2.05, 4.69) is 172 Å². The summed E-state index contributed by atoms with van der Waals surface area (Å²) in [6.07, 6.45) is 76.2. The van der Waals surface area contributed by atoms with Gasteiger partial charge in [0.05, 0.1) is 34.4 Å². The maximum Gasteiger partial charge on any atom is 0.361 e. The molecule has 408 valence electrons. The lowest BCUT2D eigenvalue weighted by atomic mass is 10.1. The van der Waals surface area contributed by atoms with Crippen molar-refractivity contribution in [3.63, 3.8) is 0 Å². The second-order valence-electron chi connectivity index (χ2n) is 18.8. The summed E-state index contributed by atoms with van der Waals surface area (Å²) < 4.78 is 22.7. The Bertz CT molecular complexity index is 1750. The molecule has 0 amide bonds. The number of quaternary nitrogens is 1. The summed E-state index contributed by atoms with van der Waals surface area (Å²) in [6, 6.07) is 0. The van der Waals surface area contributed by atoms with E-state index in [-0.39, 0.29) is 32.7 Å². The fourth-order valence-electron chi connectivity index (χ4n) is 6.58. The summed E-state index contributed by atoms with van der Waals surface area (Å²) in [5, 5.41) is 9.67. The molecule has 0 bridgehead atoms. The Morgan fingerprint density at radius 2 is 0.740 bits per heavy atom. The molecule has 0 heterocycles. The monoisotopic (exact) mass is 1010 g/mol. The number of unbranched alkanes of at least 4 members (excludes halogenated alkanes) is 7. The van der Waals surface area contributed by atoms with Gasteiger partial charge in [0.1, 0.15) is 13.2 Å². The summed E-state index contributed by atoms with van der Waals surface area (Å²) in [7, 11) is 5.93. The van der Waals surface area contributed by atoms with E-state index in [9.17, 15) is 19.5 Å². The second kappa shape index (κ2) is 53.2. The molecule has 0 spiro atoms. The third-order valence-corrected chi connectivity index (χ3v) is 10.8. The van der Waals surface area contributed by atoms with Crippen molar-refractivity contribution in [2.24, 2.45) is 0 Å². The number of rotatable bonds is 48. The first kappa shape index (κ1) is 67.9. The number of allylic oxidation sites excluding steroid dienone is 26. The molecule has 0 aromatic carbocycles. The van der Waals surface area contributed by atoms with Gasteiger partial charge in [-0.05, 0) is 122 Å². The van der Waals surface area contributed by atoms with Crippen LogP contribution in [0.4, 0.5) is 0 Å². The number of hydrogen-bond donors (Lipinski definition) is 1. The minimum atomic E-state index is -1.53. The van der Waals surface area contributed by atoms with E-state index < -0.39 is 30.3 Å². The van der Waals surface area contributed by atoms with Gasteiger partial charge in [-0.15, -0.1) is 0 Å². The van der Waals surface area contributed by atoms with Crippen molar-refractivity contribution in [2.45, 2.75) is 180 Å². The van der Waals surface area contributed by atoms with Crippen LogP contribution in [-0.4, -0.2) is 87.4 Å². The number of esters is 2. The van der Waals surface area contributed by atoms with Crippen LogP contribution in [0, 0.1) is 0 Å². The van der Waals surface area contributed by atoms with Crippen molar-refractivity contribution in [1.82, 2.24) is 0 Å². The third kappa shape index (κ3) is 54.5. The maximum absolute atomic E-state index is 12.8. The van der Waals surface area contributed by atoms with Crippen LogP contribution in [-0.2, 0) is 33.3 Å². The molecule has 0 fully saturated rings. The van der Waals surface area contributed by atoms with E-state index in [4.69, 9.17) is 18.9 Å². The lowest BCUT2D eigenvalue weighted by molar-refractivity contribution is -0.870. The molecule has 0 aromatic rings.